The molecule has 2 aliphatic heterocycles. The third-order valence-corrected chi connectivity index (χ3v) is 5.64. The van der Waals surface area contributed by atoms with Crippen molar-refractivity contribution in [3.63, 3.8) is 0 Å². The molecule has 7 heteroatoms. The number of para-hydroxylation sites is 2. The third kappa shape index (κ3) is 3.87. The van der Waals surface area contributed by atoms with Gasteiger partial charge in [-0.15, -0.1) is 0 Å². The summed E-state index contributed by atoms with van der Waals surface area (Å²) in [5.74, 6) is -0.619. The van der Waals surface area contributed by atoms with Crippen LogP contribution in [0.1, 0.15) is 29.9 Å². The molecule has 30 heavy (non-hydrogen) atoms. The zero-order valence-corrected chi connectivity index (χ0v) is 16.7. The van der Waals surface area contributed by atoms with Crippen LogP contribution in [-0.2, 0) is 23.9 Å². The highest BCUT2D eigenvalue weighted by atomic mass is 16.5. The van der Waals surface area contributed by atoms with Gasteiger partial charge in [-0.25, -0.2) is 0 Å². The number of benzene rings is 2. The summed E-state index contributed by atoms with van der Waals surface area (Å²) in [7, 11) is 1.37. The van der Waals surface area contributed by atoms with Gasteiger partial charge in [0, 0.05) is 24.2 Å². The van der Waals surface area contributed by atoms with E-state index in [1.165, 1.54) is 7.11 Å². The maximum absolute atomic E-state index is 13.0. The molecule has 2 aromatic carbocycles. The van der Waals surface area contributed by atoms with E-state index in [0.717, 1.165) is 0 Å². The average molecular weight is 409 g/mol. The summed E-state index contributed by atoms with van der Waals surface area (Å²) in [6.07, 6.45) is 1.10. The van der Waals surface area contributed by atoms with Crippen LogP contribution in [0.3, 0.4) is 0 Å². The lowest BCUT2D eigenvalue weighted by molar-refractivity contribution is -0.154. The molecule has 1 fully saturated rings. The number of carbonyl (C=O) groups excluding carboxylic acids is 3. The molecule has 0 radical (unpaired) electrons. The number of ether oxygens (including phenoxy) is 3. The Kier molecular flexibility index (Phi) is 5.70. The molecule has 0 unspecified atom stereocenters. The molecule has 156 valence electrons. The lowest BCUT2D eigenvalue weighted by Crippen LogP contribution is -2.42. The number of nitrogens with zero attached hydrogens (tertiary/aromatic N) is 1. The van der Waals surface area contributed by atoms with Gasteiger partial charge in [0.05, 0.1) is 13.0 Å². The Morgan fingerprint density at radius 3 is 2.07 bits per heavy atom. The molecule has 0 N–H and O–H groups in total. The summed E-state index contributed by atoms with van der Waals surface area (Å²) >= 11 is 0. The minimum absolute atomic E-state index is 0.183. The normalized spacial score (nSPS) is 16.1. The second-order valence-electron chi connectivity index (χ2n) is 7.40. The molecule has 0 saturated carbocycles. The number of likely N-dealkylation sites (tertiary alicyclic amines) is 1. The van der Waals surface area contributed by atoms with Gasteiger partial charge in [-0.3, -0.25) is 14.4 Å². The summed E-state index contributed by atoms with van der Waals surface area (Å²) < 4.78 is 16.1. The second kappa shape index (κ2) is 8.57. The fourth-order valence-corrected chi connectivity index (χ4v) is 4.00. The van der Waals surface area contributed by atoms with Crippen molar-refractivity contribution in [2.24, 2.45) is 5.92 Å². The molecule has 4 rings (SSSR count). The van der Waals surface area contributed by atoms with E-state index in [1.807, 2.05) is 48.5 Å². The largest absolute Gasteiger partial charge is 0.469 e. The van der Waals surface area contributed by atoms with Crippen molar-refractivity contribution in [2.45, 2.75) is 18.8 Å². The Bertz CT molecular complexity index is 918. The number of hydrogen-bond acceptors (Lipinski definition) is 6. The Hall–Kier alpha value is -3.35. The predicted molar refractivity (Wildman–Crippen MR) is 107 cm³/mol. The van der Waals surface area contributed by atoms with Crippen LogP contribution < -0.4 is 4.74 Å². The van der Waals surface area contributed by atoms with E-state index in [4.69, 9.17) is 14.2 Å². The van der Waals surface area contributed by atoms with Crippen LogP contribution >= 0.6 is 0 Å². The SMILES string of the molecule is COC(=O)C1CCN(C(=O)COC(=O)C2c3ccccc3Oc3ccccc32)CC1. The summed E-state index contributed by atoms with van der Waals surface area (Å²) in [6.45, 7) is 0.557. The number of methoxy groups -OCH3 is 1. The van der Waals surface area contributed by atoms with Crippen molar-refractivity contribution < 1.29 is 28.6 Å². The van der Waals surface area contributed by atoms with Crippen LogP contribution in [0.2, 0.25) is 0 Å². The molecule has 2 heterocycles. The number of amides is 1. The highest BCUT2D eigenvalue weighted by molar-refractivity contribution is 5.88. The van der Waals surface area contributed by atoms with E-state index in [0.29, 0.717) is 48.6 Å². The van der Waals surface area contributed by atoms with Gasteiger partial charge in [-0.1, -0.05) is 36.4 Å². The van der Waals surface area contributed by atoms with Crippen molar-refractivity contribution in [3.05, 3.63) is 59.7 Å². The summed E-state index contributed by atoms with van der Waals surface area (Å²) in [5, 5.41) is 0. The maximum atomic E-state index is 13.0. The fourth-order valence-electron chi connectivity index (χ4n) is 4.00. The van der Waals surface area contributed by atoms with E-state index >= 15 is 0 Å². The topological polar surface area (TPSA) is 82.1 Å². The first-order valence-corrected chi connectivity index (χ1v) is 9.96. The van der Waals surface area contributed by atoms with Crippen molar-refractivity contribution in [2.75, 3.05) is 26.8 Å². The number of hydrogen-bond donors (Lipinski definition) is 0. The molecule has 0 bridgehead atoms. The molecule has 2 aliphatic rings. The van der Waals surface area contributed by atoms with Gasteiger partial charge in [0.2, 0.25) is 0 Å². The molecule has 1 amide bonds. The summed E-state index contributed by atoms with van der Waals surface area (Å²) in [6, 6.07) is 14.6. The molecule has 0 atom stereocenters. The summed E-state index contributed by atoms with van der Waals surface area (Å²) in [5.41, 5.74) is 1.43. The van der Waals surface area contributed by atoms with E-state index in [-0.39, 0.29) is 24.4 Å². The molecule has 0 spiro atoms. The lowest BCUT2D eigenvalue weighted by Gasteiger charge is -2.31. The first-order valence-electron chi connectivity index (χ1n) is 9.96. The standard InChI is InChI=1S/C23H23NO6/c1-28-22(26)15-10-12-24(13-11-15)20(25)14-29-23(27)21-16-6-2-4-8-18(16)30-19-9-5-3-7-17(19)21/h2-9,15,21H,10-14H2,1H3. The van der Waals surface area contributed by atoms with Gasteiger partial charge in [-0.2, -0.15) is 0 Å². The maximum Gasteiger partial charge on any atom is 0.318 e. The van der Waals surface area contributed by atoms with Crippen LogP contribution in [0, 0.1) is 5.92 Å². The van der Waals surface area contributed by atoms with Crippen LogP contribution in [0.25, 0.3) is 0 Å². The number of rotatable bonds is 4. The molecule has 0 aliphatic carbocycles. The smallest absolute Gasteiger partial charge is 0.318 e. The van der Waals surface area contributed by atoms with Crippen LogP contribution in [0.15, 0.2) is 48.5 Å². The van der Waals surface area contributed by atoms with E-state index in [2.05, 4.69) is 0 Å². The minimum atomic E-state index is -0.649. The Balaban J connectivity index is 1.41. The zero-order valence-electron chi connectivity index (χ0n) is 16.7. The zero-order chi connectivity index (χ0) is 21.1. The quantitative estimate of drug-likeness (QED) is 0.723. The Morgan fingerprint density at radius 2 is 1.50 bits per heavy atom. The molecular formula is C23H23NO6. The van der Waals surface area contributed by atoms with Crippen LogP contribution in [-0.4, -0.2) is 49.6 Å². The van der Waals surface area contributed by atoms with Gasteiger partial charge in [-0.05, 0) is 25.0 Å². The molecule has 7 nitrogen and oxygen atoms in total. The average Bonchev–Trinajstić information content (AvgIpc) is 2.80. The van der Waals surface area contributed by atoms with E-state index in [1.54, 1.807) is 4.90 Å². The molecule has 1 saturated heterocycles. The van der Waals surface area contributed by atoms with Gasteiger partial charge in [0.1, 0.15) is 17.4 Å². The summed E-state index contributed by atoms with van der Waals surface area (Å²) in [4.78, 5) is 38.8. The number of piperidine rings is 1. The van der Waals surface area contributed by atoms with E-state index < -0.39 is 11.9 Å². The second-order valence-corrected chi connectivity index (χ2v) is 7.40. The van der Waals surface area contributed by atoms with Crippen molar-refractivity contribution in [1.82, 2.24) is 4.90 Å². The van der Waals surface area contributed by atoms with Crippen LogP contribution in [0.5, 0.6) is 11.5 Å². The van der Waals surface area contributed by atoms with E-state index in [9.17, 15) is 14.4 Å². The highest BCUT2D eigenvalue weighted by Gasteiger charge is 2.34. The van der Waals surface area contributed by atoms with Crippen molar-refractivity contribution in [3.8, 4) is 11.5 Å². The van der Waals surface area contributed by atoms with Gasteiger partial charge >= 0.3 is 11.9 Å². The first kappa shape index (κ1) is 19.9. The monoisotopic (exact) mass is 409 g/mol. The Morgan fingerprint density at radius 1 is 0.933 bits per heavy atom. The Labute approximate surface area is 174 Å². The van der Waals surface area contributed by atoms with Gasteiger partial charge in [0.25, 0.3) is 5.91 Å². The van der Waals surface area contributed by atoms with Gasteiger partial charge < -0.3 is 19.1 Å². The third-order valence-electron chi connectivity index (χ3n) is 5.64. The number of esters is 2. The number of fused-ring (bicyclic) bond motifs is 2. The lowest BCUT2D eigenvalue weighted by atomic mass is 9.88. The molecule has 2 aromatic rings. The van der Waals surface area contributed by atoms with Crippen LogP contribution in [0.4, 0.5) is 0 Å². The predicted octanol–water partition coefficient (Wildman–Crippen LogP) is 2.88. The van der Waals surface area contributed by atoms with Crippen molar-refractivity contribution >= 4 is 17.8 Å². The van der Waals surface area contributed by atoms with Gasteiger partial charge in [0.15, 0.2) is 6.61 Å². The minimum Gasteiger partial charge on any atom is -0.469 e. The molecular weight excluding hydrogens is 386 g/mol. The number of carbonyl (C=O) groups is 3. The highest BCUT2D eigenvalue weighted by Crippen LogP contribution is 2.44. The molecule has 0 aromatic heterocycles. The fraction of sp³-hybridized carbons (Fsp3) is 0.348. The first-order chi connectivity index (χ1) is 14.6. The van der Waals surface area contributed by atoms with Crippen molar-refractivity contribution in [1.29, 1.82) is 0 Å².